The van der Waals surface area contributed by atoms with E-state index < -0.39 is 5.60 Å². The fourth-order valence-electron chi connectivity index (χ4n) is 2.92. The van der Waals surface area contributed by atoms with E-state index in [9.17, 15) is 5.11 Å². The average molecular weight is 392 g/mol. The fraction of sp³-hybridized carbons (Fsp3) is 0.190. The summed E-state index contributed by atoms with van der Waals surface area (Å²) < 4.78 is 1.81. The molecule has 0 unspecified atom stereocenters. The molecule has 0 bridgehead atoms. The quantitative estimate of drug-likeness (QED) is 0.526. The van der Waals surface area contributed by atoms with Gasteiger partial charge in [-0.3, -0.25) is 4.40 Å². The van der Waals surface area contributed by atoms with Crippen LogP contribution in [0.25, 0.3) is 16.7 Å². The van der Waals surface area contributed by atoms with Crippen molar-refractivity contribution >= 4 is 39.8 Å². The molecule has 0 aliphatic carbocycles. The minimum absolute atomic E-state index is 0.495. The SMILES string of the molecule is CN(c1cccc(C#CC(C)(C)O)c1)c1nc2nncn2c2cc(Cl)ccc12. The lowest BCUT2D eigenvalue weighted by molar-refractivity contribution is 0.143. The van der Waals surface area contributed by atoms with Crippen molar-refractivity contribution < 1.29 is 5.11 Å². The third-order valence-electron chi connectivity index (χ3n) is 4.26. The van der Waals surface area contributed by atoms with Gasteiger partial charge in [-0.15, -0.1) is 10.2 Å². The minimum atomic E-state index is -1.04. The van der Waals surface area contributed by atoms with Crippen molar-refractivity contribution in [1.82, 2.24) is 19.6 Å². The molecule has 0 aliphatic rings. The second-order valence-corrected chi connectivity index (χ2v) is 7.45. The smallest absolute Gasteiger partial charge is 0.257 e. The first-order valence-electron chi connectivity index (χ1n) is 8.70. The zero-order chi connectivity index (χ0) is 19.9. The molecule has 0 saturated carbocycles. The molecule has 0 fully saturated rings. The number of hydrogen-bond donors (Lipinski definition) is 1. The van der Waals surface area contributed by atoms with Crippen LogP contribution in [0.2, 0.25) is 5.02 Å². The monoisotopic (exact) mass is 391 g/mol. The van der Waals surface area contributed by atoms with Gasteiger partial charge >= 0.3 is 0 Å². The number of fused-ring (bicyclic) bond motifs is 3. The summed E-state index contributed by atoms with van der Waals surface area (Å²) in [7, 11) is 1.94. The Bertz CT molecular complexity index is 1250. The Morgan fingerprint density at radius 1 is 1.18 bits per heavy atom. The van der Waals surface area contributed by atoms with Gasteiger partial charge < -0.3 is 10.0 Å². The van der Waals surface area contributed by atoms with Crippen LogP contribution in [0, 0.1) is 11.8 Å². The topological polar surface area (TPSA) is 66.5 Å². The second-order valence-electron chi connectivity index (χ2n) is 7.02. The Hall–Kier alpha value is -3.14. The highest BCUT2D eigenvalue weighted by atomic mass is 35.5. The van der Waals surface area contributed by atoms with Crippen molar-refractivity contribution in [3.8, 4) is 11.8 Å². The number of halogens is 1. The summed E-state index contributed by atoms with van der Waals surface area (Å²) in [5.74, 6) is 7.08. The first-order chi connectivity index (χ1) is 13.3. The van der Waals surface area contributed by atoms with Crippen molar-refractivity contribution in [3.05, 3.63) is 59.4 Å². The van der Waals surface area contributed by atoms with E-state index in [4.69, 9.17) is 11.6 Å². The molecule has 28 heavy (non-hydrogen) atoms. The maximum absolute atomic E-state index is 9.84. The standard InChI is InChI=1S/C21H18ClN5O/c1-21(2,28)10-9-14-5-4-6-16(11-14)26(3)19-17-8-7-15(22)12-18(17)27-13-23-25-20(27)24-19/h4-8,11-13,28H,1-3H3. The number of aromatic nitrogens is 4. The summed E-state index contributed by atoms with van der Waals surface area (Å²) >= 11 is 6.20. The van der Waals surface area contributed by atoms with Crippen molar-refractivity contribution in [1.29, 1.82) is 0 Å². The highest BCUT2D eigenvalue weighted by Crippen LogP contribution is 2.31. The van der Waals surface area contributed by atoms with Crippen molar-refractivity contribution in [2.45, 2.75) is 19.4 Å². The first-order valence-corrected chi connectivity index (χ1v) is 9.08. The molecule has 0 saturated heterocycles. The molecule has 0 atom stereocenters. The maximum Gasteiger partial charge on any atom is 0.257 e. The van der Waals surface area contributed by atoms with Crippen LogP contribution in [0.15, 0.2) is 48.8 Å². The van der Waals surface area contributed by atoms with E-state index in [1.165, 1.54) is 0 Å². The average Bonchev–Trinajstić information content (AvgIpc) is 3.13. The number of hydrogen-bond acceptors (Lipinski definition) is 5. The summed E-state index contributed by atoms with van der Waals surface area (Å²) in [4.78, 5) is 6.65. The van der Waals surface area contributed by atoms with E-state index in [2.05, 4.69) is 27.0 Å². The van der Waals surface area contributed by atoms with Crippen molar-refractivity contribution in [3.63, 3.8) is 0 Å². The summed E-state index contributed by atoms with van der Waals surface area (Å²) in [6, 6.07) is 13.4. The Morgan fingerprint density at radius 2 is 2.00 bits per heavy atom. The van der Waals surface area contributed by atoms with Crippen LogP contribution in [0.1, 0.15) is 19.4 Å². The molecular formula is C21H18ClN5O. The third-order valence-corrected chi connectivity index (χ3v) is 4.49. The van der Waals surface area contributed by atoms with Crippen molar-refractivity contribution in [2.75, 3.05) is 11.9 Å². The van der Waals surface area contributed by atoms with E-state index in [0.717, 1.165) is 28.0 Å². The molecule has 4 aromatic rings. The predicted octanol–water partition coefficient (Wildman–Crippen LogP) is 3.82. The van der Waals surface area contributed by atoms with E-state index in [0.29, 0.717) is 10.8 Å². The van der Waals surface area contributed by atoms with E-state index in [-0.39, 0.29) is 0 Å². The second kappa shape index (κ2) is 6.79. The number of nitrogens with zero attached hydrogens (tertiary/aromatic N) is 5. The van der Waals surface area contributed by atoms with Crippen LogP contribution in [-0.4, -0.2) is 37.3 Å². The van der Waals surface area contributed by atoms with Gasteiger partial charge in [-0.05, 0) is 50.2 Å². The van der Waals surface area contributed by atoms with E-state index in [1.807, 2.05) is 58.8 Å². The molecule has 1 N–H and O–H groups in total. The molecule has 7 heteroatoms. The van der Waals surface area contributed by atoms with Crippen LogP contribution < -0.4 is 4.90 Å². The molecule has 0 amide bonds. The lowest BCUT2D eigenvalue weighted by atomic mass is 10.1. The number of aliphatic hydroxyl groups is 1. The molecule has 0 aliphatic heterocycles. The van der Waals surface area contributed by atoms with Gasteiger partial charge in [0.2, 0.25) is 0 Å². The molecule has 2 aromatic carbocycles. The molecule has 4 rings (SSSR count). The summed E-state index contributed by atoms with van der Waals surface area (Å²) in [6.07, 6.45) is 1.62. The van der Waals surface area contributed by atoms with Gasteiger partial charge in [-0.1, -0.05) is 29.5 Å². The highest BCUT2D eigenvalue weighted by molar-refractivity contribution is 6.31. The number of anilines is 2. The molecule has 2 aromatic heterocycles. The molecular weight excluding hydrogens is 374 g/mol. The normalized spacial score (nSPS) is 11.5. The first kappa shape index (κ1) is 18.2. The van der Waals surface area contributed by atoms with Crippen LogP contribution >= 0.6 is 11.6 Å². The highest BCUT2D eigenvalue weighted by Gasteiger charge is 2.15. The fourth-order valence-corrected chi connectivity index (χ4v) is 3.08. The Kier molecular flexibility index (Phi) is 4.42. The summed E-state index contributed by atoms with van der Waals surface area (Å²) in [6.45, 7) is 3.32. The van der Waals surface area contributed by atoms with Gasteiger partial charge in [-0.25, -0.2) is 0 Å². The van der Waals surface area contributed by atoms with Gasteiger partial charge in [0.1, 0.15) is 17.7 Å². The Morgan fingerprint density at radius 3 is 2.79 bits per heavy atom. The molecule has 140 valence electrons. The van der Waals surface area contributed by atoms with Crippen LogP contribution in [0.5, 0.6) is 0 Å². The van der Waals surface area contributed by atoms with Crippen LogP contribution in [0.3, 0.4) is 0 Å². The Labute approximate surface area is 167 Å². The number of rotatable bonds is 2. The molecule has 6 nitrogen and oxygen atoms in total. The minimum Gasteiger partial charge on any atom is -0.378 e. The largest absolute Gasteiger partial charge is 0.378 e. The Balaban J connectivity index is 1.84. The number of benzene rings is 2. The van der Waals surface area contributed by atoms with Gasteiger partial charge in [0.05, 0.1) is 5.52 Å². The molecule has 2 heterocycles. The third kappa shape index (κ3) is 3.50. The van der Waals surface area contributed by atoms with Gasteiger partial charge in [-0.2, -0.15) is 4.98 Å². The van der Waals surface area contributed by atoms with Gasteiger partial charge in [0.25, 0.3) is 5.78 Å². The summed E-state index contributed by atoms with van der Waals surface area (Å²) in [5, 5.41) is 19.4. The zero-order valence-electron chi connectivity index (χ0n) is 15.7. The predicted molar refractivity (Wildman–Crippen MR) is 111 cm³/mol. The summed E-state index contributed by atoms with van der Waals surface area (Å²) in [5.41, 5.74) is 1.55. The van der Waals surface area contributed by atoms with Gasteiger partial charge in [0.15, 0.2) is 0 Å². The maximum atomic E-state index is 9.84. The van der Waals surface area contributed by atoms with E-state index in [1.54, 1.807) is 20.2 Å². The lowest BCUT2D eigenvalue weighted by Crippen LogP contribution is -2.14. The molecule has 0 spiro atoms. The molecule has 0 radical (unpaired) electrons. The van der Waals surface area contributed by atoms with Crippen molar-refractivity contribution in [2.24, 2.45) is 0 Å². The van der Waals surface area contributed by atoms with Gasteiger partial charge in [0, 0.05) is 28.7 Å². The van der Waals surface area contributed by atoms with Crippen LogP contribution in [0.4, 0.5) is 11.5 Å². The lowest BCUT2D eigenvalue weighted by Gasteiger charge is -2.21. The van der Waals surface area contributed by atoms with Crippen LogP contribution in [-0.2, 0) is 0 Å². The van der Waals surface area contributed by atoms with E-state index >= 15 is 0 Å². The zero-order valence-corrected chi connectivity index (χ0v) is 16.4.